The Balaban J connectivity index is 1.63. The number of rotatable bonds is 3. The number of carbonyl (C=O) groups is 3. The molecule has 2 aliphatic carbocycles. The van der Waals surface area contributed by atoms with E-state index in [2.05, 4.69) is 5.32 Å². The molecule has 0 radical (unpaired) electrons. The summed E-state index contributed by atoms with van der Waals surface area (Å²) in [5.74, 6) is -0.326. The minimum atomic E-state index is -0.740. The maximum atomic E-state index is 12.8. The predicted molar refractivity (Wildman–Crippen MR) is 90.3 cm³/mol. The molecule has 1 spiro atoms. The number of nitrogens with zero attached hydrogens (tertiary/aromatic N) is 2. The summed E-state index contributed by atoms with van der Waals surface area (Å²) in [5.41, 5.74) is -0.740. The maximum Gasteiger partial charge on any atom is 0.325 e. The van der Waals surface area contributed by atoms with Gasteiger partial charge in [0, 0.05) is 13.1 Å². The van der Waals surface area contributed by atoms with Crippen molar-refractivity contribution >= 4 is 17.8 Å². The zero-order valence-corrected chi connectivity index (χ0v) is 14.7. The molecule has 2 saturated carbocycles. The van der Waals surface area contributed by atoms with Crippen molar-refractivity contribution in [1.29, 1.82) is 0 Å². The molecule has 1 heterocycles. The van der Waals surface area contributed by atoms with Crippen LogP contribution >= 0.6 is 0 Å². The molecule has 6 nitrogen and oxygen atoms in total. The Morgan fingerprint density at radius 1 is 1.08 bits per heavy atom. The van der Waals surface area contributed by atoms with Gasteiger partial charge in [0.1, 0.15) is 12.1 Å². The number of urea groups is 1. The molecule has 3 aliphatic rings. The molecule has 1 aliphatic heterocycles. The summed E-state index contributed by atoms with van der Waals surface area (Å²) in [7, 11) is 1.81. The Kier molecular flexibility index (Phi) is 5.11. The van der Waals surface area contributed by atoms with E-state index in [1.165, 1.54) is 12.8 Å². The van der Waals surface area contributed by atoms with Gasteiger partial charge in [-0.3, -0.25) is 14.5 Å². The molecule has 1 N–H and O–H groups in total. The van der Waals surface area contributed by atoms with Gasteiger partial charge in [0.25, 0.3) is 5.91 Å². The summed E-state index contributed by atoms with van der Waals surface area (Å²) in [5, 5.41) is 2.87. The molecule has 0 aromatic rings. The Morgan fingerprint density at radius 2 is 1.67 bits per heavy atom. The second-order valence-electron chi connectivity index (χ2n) is 7.61. The van der Waals surface area contributed by atoms with E-state index in [0.717, 1.165) is 49.8 Å². The molecule has 0 unspecified atom stereocenters. The van der Waals surface area contributed by atoms with Crippen molar-refractivity contribution in [2.45, 2.75) is 82.2 Å². The second kappa shape index (κ2) is 7.11. The number of hydrogen-bond acceptors (Lipinski definition) is 3. The van der Waals surface area contributed by atoms with E-state index >= 15 is 0 Å². The maximum absolute atomic E-state index is 12.8. The summed E-state index contributed by atoms with van der Waals surface area (Å²) in [6.07, 6.45) is 11.2. The van der Waals surface area contributed by atoms with Crippen molar-refractivity contribution in [3.8, 4) is 0 Å². The van der Waals surface area contributed by atoms with Crippen LogP contribution in [-0.2, 0) is 9.59 Å². The lowest BCUT2D eigenvalue weighted by Crippen LogP contribution is -2.49. The van der Waals surface area contributed by atoms with E-state index in [1.54, 1.807) is 4.90 Å². The first kappa shape index (κ1) is 17.2. The van der Waals surface area contributed by atoms with Crippen LogP contribution in [0.2, 0.25) is 0 Å². The molecule has 24 heavy (non-hydrogen) atoms. The van der Waals surface area contributed by atoms with Crippen molar-refractivity contribution in [3.63, 3.8) is 0 Å². The lowest BCUT2D eigenvalue weighted by atomic mass is 9.82. The number of carbonyl (C=O) groups excluding carboxylic acids is 3. The molecule has 3 rings (SSSR count). The summed E-state index contributed by atoms with van der Waals surface area (Å²) in [6, 6.07) is -0.158. The standard InChI is InChI=1S/C18H29N3O3/c1-20(14-9-5-2-3-6-10-14)15(22)13-21-16(23)18(19-17(21)24)11-7-4-8-12-18/h14H,2-13H2,1H3,(H,19,24). The zero-order valence-electron chi connectivity index (χ0n) is 14.7. The van der Waals surface area contributed by atoms with Gasteiger partial charge < -0.3 is 10.2 Å². The number of imide groups is 1. The topological polar surface area (TPSA) is 69.7 Å². The summed E-state index contributed by atoms with van der Waals surface area (Å²) in [4.78, 5) is 40.6. The molecule has 1 saturated heterocycles. The van der Waals surface area contributed by atoms with Crippen molar-refractivity contribution < 1.29 is 14.4 Å². The van der Waals surface area contributed by atoms with Crippen molar-refractivity contribution in [3.05, 3.63) is 0 Å². The van der Waals surface area contributed by atoms with Gasteiger partial charge in [0.05, 0.1) is 0 Å². The van der Waals surface area contributed by atoms with Crippen LogP contribution in [0.15, 0.2) is 0 Å². The summed E-state index contributed by atoms with van der Waals surface area (Å²) >= 11 is 0. The molecule has 0 atom stereocenters. The van der Waals surface area contributed by atoms with E-state index in [0.29, 0.717) is 12.8 Å². The predicted octanol–water partition coefficient (Wildman–Crippen LogP) is 2.42. The average Bonchev–Trinajstić information content (AvgIpc) is 2.81. The molecule has 6 heteroatoms. The van der Waals surface area contributed by atoms with E-state index in [4.69, 9.17) is 0 Å². The number of hydrogen-bond donors (Lipinski definition) is 1. The van der Waals surface area contributed by atoms with Gasteiger partial charge in [-0.05, 0) is 25.7 Å². The molecule has 0 aromatic carbocycles. The molecule has 3 fully saturated rings. The minimum Gasteiger partial charge on any atom is -0.341 e. The molecular formula is C18H29N3O3. The van der Waals surface area contributed by atoms with Gasteiger partial charge in [0.15, 0.2) is 0 Å². The SMILES string of the molecule is CN(C(=O)CN1C(=O)NC2(CCCCC2)C1=O)C1CCCCCC1. The highest BCUT2D eigenvalue weighted by molar-refractivity contribution is 6.09. The smallest absolute Gasteiger partial charge is 0.325 e. The first-order valence-electron chi connectivity index (χ1n) is 9.43. The van der Waals surface area contributed by atoms with Crippen LogP contribution in [0.5, 0.6) is 0 Å². The van der Waals surface area contributed by atoms with Crippen molar-refractivity contribution in [2.75, 3.05) is 13.6 Å². The molecule has 4 amide bonds. The number of amides is 4. The van der Waals surface area contributed by atoms with Gasteiger partial charge in [-0.25, -0.2) is 4.79 Å². The highest BCUT2D eigenvalue weighted by Crippen LogP contribution is 2.33. The minimum absolute atomic E-state index is 0.126. The monoisotopic (exact) mass is 335 g/mol. The summed E-state index contributed by atoms with van der Waals surface area (Å²) < 4.78 is 0. The van der Waals surface area contributed by atoms with E-state index in [9.17, 15) is 14.4 Å². The zero-order chi connectivity index (χ0) is 17.2. The van der Waals surface area contributed by atoms with Crippen LogP contribution in [0.25, 0.3) is 0 Å². The van der Waals surface area contributed by atoms with E-state index in [1.807, 2.05) is 7.05 Å². The van der Waals surface area contributed by atoms with Crippen LogP contribution in [0.3, 0.4) is 0 Å². The molecule has 0 bridgehead atoms. The lowest BCUT2D eigenvalue weighted by molar-refractivity contribution is -0.140. The van der Waals surface area contributed by atoms with Gasteiger partial charge in [-0.2, -0.15) is 0 Å². The van der Waals surface area contributed by atoms with Crippen LogP contribution in [0, 0.1) is 0 Å². The van der Waals surface area contributed by atoms with Crippen molar-refractivity contribution in [1.82, 2.24) is 15.1 Å². The molecular weight excluding hydrogens is 306 g/mol. The van der Waals surface area contributed by atoms with E-state index in [-0.39, 0.29) is 24.4 Å². The highest BCUT2D eigenvalue weighted by Gasteiger charge is 2.51. The van der Waals surface area contributed by atoms with Gasteiger partial charge >= 0.3 is 6.03 Å². The Bertz CT molecular complexity index is 506. The van der Waals surface area contributed by atoms with Crippen LogP contribution in [-0.4, -0.2) is 52.8 Å². The Labute approximate surface area is 143 Å². The molecule has 134 valence electrons. The first-order valence-corrected chi connectivity index (χ1v) is 9.43. The van der Waals surface area contributed by atoms with Gasteiger partial charge in [0.2, 0.25) is 5.91 Å². The lowest BCUT2D eigenvalue weighted by Gasteiger charge is -2.31. The third-order valence-corrected chi connectivity index (χ3v) is 6.01. The molecule has 0 aromatic heterocycles. The Morgan fingerprint density at radius 3 is 2.29 bits per heavy atom. The average molecular weight is 335 g/mol. The van der Waals surface area contributed by atoms with Crippen LogP contribution in [0.1, 0.15) is 70.6 Å². The highest BCUT2D eigenvalue weighted by atomic mass is 16.2. The van der Waals surface area contributed by atoms with Crippen molar-refractivity contribution in [2.24, 2.45) is 0 Å². The fourth-order valence-corrected chi connectivity index (χ4v) is 4.41. The summed E-state index contributed by atoms with van der Waals surface area (Å²) in [6.45, 7) is -0.126. The van der Waals surface area contributed by atoms with Gasteiger partial charge in [-0.15, -0.1) is 0 Å². The third kappa shape index (κ3) is 3.28. The van der Waals surface area contributed by atoms with Gasteiger partial charge in [-0.1, -0.05) is 44.9 Å². The number of nitrogens with one attached hydrogen (secondary N) is 1. The first-order chi connectivity index (χ1) is 11.5. The largest absolute Gasteiger partial charge is 0.341 e. The van der Waals surface area contributed by atoms with Crippen LogP contribution < -0.4 is 5.32 Å². The number of likely N-dealkylation sites (N-methyl/N-ethyl adjacent to an activating group) is 1. The van der Waals surface area contributed by atoms with E-state index < -0.39 is 11.6 Å². The normalized spacial score (nSPS) is 24.8. The Hall–Kier alpha value is -1.59. The van der Waals surface area contributed by atoms with Crippen LogP contribution in [0.4, 0.5) is 4.79 Å². The fraction of sp³-hybridized carbons (Fsp3) is 0.833. The second-order valence-corrected chi connectivity index (χ2v) is 7.61. The fourth-order valence-electron chi connectivity index (χ4n) is 4.41. The quantitative estimate of drug-likeness (QED) is 0.636. The third-order valence-electron chi connectivity index (χ3n) is 6.01.